The molecule has 1 heterocycles. The largest absolute Gasteiger partial charge is 0.393 e. The van der Waals surface area contributed by atoms with Gasteiger partial charge in [-0.1, -0.05) is 12.8 Å². The average molecular weight is 242 g/mol. The first-order valence-electron chi connectivity index (χ1n) is 6.54. The predicted molar refractivity (Wildman–Crippen MR) is 63.4 cm³/mol. The molecule has 1 saturated carbocycles. The van der Waals surface area contributed by atoms with Crippen molar-refractivity contribution in [2.75, 3.05) is 13.1 Å². The molecule has 17 heavy (non-hydrogen) atoms. The summed E-state index contributed by atoms with van der Waals surface area (Å²) in [7, 11) is 0. The lowest BCUT2D eigenvalue weighted by Gasteiger charge is -2.28. The molecule has 0 unspecified atom stereocenters. The summed E-state index contributed by atoms with van der Waals surface area (Å²) in [5.41, 5.74) is 0. The van der Waals surface area contributed by atoms with Crippen LogP contribution in [0.3, 0.4) is 0 Å². The fourth-order valence-corrected chi connectivity index (χ4v) is 2.70. The van der Waals surface area contributed by atoms with Crippen LogP contribution in [0.15, 0.2) is 0 Å². The Hall–Kier alpha value is -0.650. The Kier molecular flexibility index (Phi) is 4.36. The van der Waals surface area contributed by atoms with Gasteiger partial charge in [-0.2, -0.15) is 0 Å². The molecule has 0 spiro atoms. The fraction of sp³-hybridized carbons (Fsp3) is 0.917. The maximum atomic E-state index is 11.8. The highest BCUT2D eigenvalue weighted by Gasteiger charge is 2.29. The first-order valence-corrected chi connectivity index (χ1v) is 6.54. The second kappa shape index (κ2) is 5.80. The van der Waals surface area contributed by atoms with Crippen LogP contribution in [0, 0.1) is 5.92 Å². The Morgan fingerprint density at radius 2 is 2.06 bits per heavy atom. The van der Waals surface area contributed by atoms with Gasteiger partial charge in [0.2, 0.25) is 5.91 Å². The van der Waals surface area contributed by atoms with Gasteiger partial charge in [-0.15, -0.1) is 0 Å². The van der Waals surface area contributed by atoms with E-state index in [0.29, 0.717) is 19.5 Å². The van der Waals surface area contributed by atoms with Gasteiger partial charge in [0, 0.05) is 19.0 Å². The van der Waals surface area contributed by atoms with Gasteiger partial charge in [0.15, 0.2) is 0 Å². The molecule has 1 saturated heterocycles. The zero-order valence-electron chi connectivity index (χ0n) is 10.1. The summed E-state index contributed by atoms with van der Waals surface area (Å²) in [6.45, 7) is 1.04. The van der Waals surface area contributed by atoms with Gasteiger partial charge in [-0.05, 0) is 19.3 Å². The van der Waals surface area contributed by atoms with E-state index in [0.717, 1.165) is 25.7 Å². The molecule has 0 aromatic carbocycles. The molecule has 0 radical (unpaired) electrons. The first-order chi connectivity index (χ1) is 8.16. The summed E-state index contributed by atoms with van der Waals surface area (Å²) in [5.74, 6) is 0.137. The van der Waals surface area contributed by atoms with Gasteiger partial charge in [0.25, 0.3) is 0 Å². The summed E-state index contributed by atoms with van der Waals surface area (Å²) in [6, 6.07) is -0.272. The van der Waals surface area contributed by atoms with E-state index in [-0.39, 0.29) is 24.0 Å². The van der Waals surface area contributed by atoms with Crippen LogP contribution >= 0.6 is 0 Å². The van der Waals surface area contributed by atoms with Gasteiger partial charge < -0.3 is 20.8 Å². The zero-order chi connectivity index (χ0) is 12.3. The number of β-amino-alcohol motifs (C(OH)–C–C–N with tert-alkyl or cyclic N) is 1. The molecular weight excluding hydrogens is 220 g/mol. The van der Waals surface area contributed by atoms with E-state index in [4.69, 9.17) is 0 Å². The minimum absolute atomic E-state index is 0.0562. The molecule has 98 valence electrons. The highest BCUT2D eigenvalue weighted by molar-refractivity contribution is 5.82. The number of carbonyl (C=O) groups is 1. The molecule has 4 N–H and O–H groups in total. The molecule has 0 aromatic rings. The fourth-order valence-electron chi connectivity index (χ4n) is 2.70. The van der Waals surface area contributed by atoms with Gasteiger partial charge in [-0.3, -0.25) is 4.79 Å². The van der Waals surface area contributed by atoms with Crippen LogP contribution in [0.2, 0.25) is 0 Å². The topological polar surface area (TPSA) is 81.6 Å². The van der Waals surface area contributed by atoms with E-state index in [2.05, 4.69) is 10.6 Å². The van der Waals surface area contributed by atoms with E-state index in [1.807, 2.05) is 0 Å². The van der Waals surface area contributed by atoms with Crippen molar-refractivity contribution in [1.29, 1.82) is 0 Å². The van der Waals surface area contributed by atoms with Crippen molar-refractivity contribution in [3.8, 4) is 0 Å². The number of hydrogen-bond donors (Lipinski definition) is 4. The summed E-state index contributed by atoms with van der Waals surface area (Å²) in [4.78, 5) is 11.8. The van der Waals surface area contributed by atoms with Crippen molar-refractivity contribution in [3.63, 3.8) is 0 Å². The number of aliphatic hydroxyl groups is 2. The quantitative estimate of drug-likeness (QED) is 0.531. The number of aliphatic hydroxyl groups excluding tert-OH is 2. The second-order valence-corrected chi connectivity index (χ2v) is 5.21. The van der Waals surface area contributed by atoms with E-state index >= 15 is 0 Å². The molecule has 2 aliphatic rings. The number of rotatable bonds is 3. The molecule has 1 aliphatic heterocycles. The molecular formula is C12H22N2O3. The average Bonchev–Trinajstić information content (AvgIpc) is 2.74. The van der Waals surface area contributed by atoms with Gasteiger partial charge in [0.05, 0.1) is 18.2 Å². The lowest BCUT2D eigenvalue weighted by molar-refractivity contribution is -0.123. The summed E-state index contributed by atoms with van der Waals surface area (Å²) < 4.78 is 0. The first kappa shape index (κ1) is 12.8. The summed E-state index contributed by atoms with van der Waals surface area (Å²) in [6.07, 6.45) is 3.86. The normalized spacial score (nSPS) is 38.0. The van der Waals surface area contributed by atoms with Crippen LogP contribution in [-0.2, 0) is 4.79 Å². The molecule has 2 rings (SSSR count). The zero-order valence-corrected chi connectivity index (χ0v) is 10.1. The standard InChI is InChI=1S/C12H22N2O3/c15-9-5-10(13-7-9)12(17)14-6-8-3-1-2-4-11(8)16/h8-11,13,15-16H,1-7H2,(H,14,17)/t8-,9+,10-,11-/m0/s1. The number of carbonyl (C=O) groups excluding carboxylic acids is 1. The number of nitrogens with one attached hydrogen (secondary N) is 2. The molecule has 0 bridgehead atoms. The highest BCUT2D eigenvalue weighted by Crippen LogP contribution is 2.23. The van der Waals surface area contributed by atoms with Crippen LogP contribution in [-0.4, -0.2) is 47.5 Å². The Balaban J connectivity index is 1.72. The van der Waals surface area contributed by atoms with Crippen molar-refractivity contribution in [1.82, 2.24) is 10.6 Å². The molecule has 2 fully saturated rings. The third-order valence-electron chi connectivity index (χ3n) is 3.83. The van der Waals surface area contributed by atoms with Crippen LogP contribution in [0.1, 0.15) is 32.1 Å². The van der Waals surface area contributed by atoms with Crippen LogP contribution < -0.4 is 10.6 Å². The van der Waals surface area contributed by atoms with Crippen molar-refractivity contribution in [2.45, 2.75) is 50.4 Å². The summed E-state index contributed by atoms with van der Waals surface area (Å²) in [5, 5.41) is 25.0. The lowest BCUT2D eigenvalue weighted by Crippen LogP contribution is -2.44. The molecule has 5 heteroatoms. The third kappa shape index (κ3) is 3.40. The van der Waals surface area contributed by atoms with E-state index in [1.54, 1.807) is 0 Å². The third-order valence-corrected chi connectivity index (χ3v) is 3.83. The second-order valence-electron chi connectivity index (χ2n) is 5.21. The molecule has 5 nitrogen and oxygen atoms in total. The van der Waals surface area contributed by atoms with Crippen molar-refractivity contribution in [3.05, 3.63) is 0 Å². The monoisotopic (exact) mass is 242 g/mol. The Bertz CT molecular complexity index is 272. The van der Waals surface area contributed by atoms with Crippen LogP contribution in [0.4, 0.5) is 0 Å². The van der Waals surface area contributed by atoms with Crippen molar-refractivity contribution in [2.24, 2.45) is 5.92 Å². The minimum Gasteiger partial charge on any atom is -0.393 e. The maximum Gasteiger partial charge on any atom is 0.237 e. The lowest BCUT2D eigenvalue weighted by atomic mass is 9.86. The minimum atomic E-state index is -0.411. The predicted octanol–water partition coefficient (Wildman–Crippen LogP) is -0.623. The Morgan fingerprint density at radius 3 is 2.71 bits per heavy atom. The molecule has 1 amide bonds. The SMILES string of the molecule is O=C(NC[C@@H]1CCCC[C@@H]1O)[C@@H]1C[C@@H](O)CN1. The Morgan fingerprint density at radius 1 is 1.29 bits per heavy atom. The van der Waals surface area contributed by atoms with Crippen LogP contribution in [0.25, 0.3) is 0 Å². The maximum absolute atomic E-state index is 11.8. The van der Waals surface area contributed by atoms with E-state index < -0.39 is 6.10 Å². The Labute approximate surface area is 102 Å². The van der Waals surface area contributed by atoms with E-state index in [9.17, 15) is 15.0 Å². The summed E-state index contributed by atoms with van der Waals surface area (Å²) >= 11 is 0. The smallest absolute Gasteiger partial charge is 0.237 e. The molecule has 0 aromatic heterocycles. The number of hydrogen-bond acceptors (Lipinski definition) is 4. The van der Waals surface area contributed by atoms with Crippen molar-refractivity contribution >= 4 is 5.91 Å². The molecule has 4 atom stereocenters. The van der Waals surface area contributed by atoms with Gasteiger partial charge >= 0.3 is 0 Å². The van der Waals surface area contributed by atoms with E-state index in [1.165, 1.54) is 0 Å². The highest BCUT2D eigenvalue weighted by atomic mass is 16.3. The number of amides is 1. The molecule has 1 aliphatic carbocycles. The van der Waals surface area contributed by atoms with Gasteiger partial charge in [-0.25, -0.2) is 0 Å². The van der Waals surface area contributed by atoms with Gasteiger partial charge in [0.1, 0.15) is 0 Å². The van der Waals surface area contributed by atoms with Crippen LogP contribution in [0.5, 0.6) is 0 Å². The van der Waals surface area contributed by atoms with Crippen molar-refractivity contribution < 1.29 is 15.0 Å².